The zero-order valence-electron chi connectivity index (χ0n) is 19.7. The normalized spacial score (nSPS) is 14.4. The van der Waals surface area contributed by atoms with E-state index in [9.17, 15) is 4.79 Å². The van der Waals surface area contributed by atoms with Crippen molar-refractivity contribution in [3.63, 3.8) is 0 Å². The zero-order chi connectivity index (χ0) is 24.4. The molecule has 1 fully saturated rings. The van der Waals surface area contributed by atoms with E-state index in [4.69, 9.17) is 16.3 Å². The zero-order valence-corrected chi connectivity index (χ0v) is 20.4. The number of benzene rings is 1. The van der Waals surface area contributed by atoms with Crippen molar-refractivity contribution in [1.82, 2.24) is 29.4 Å². The van der Waals surface area contributed by atoms with Crippen molar-refractivity contribution in [3.05, 3.63) is 63.9 Å². The highest BCUT2D eigenvalue weighted by Crippen LogP contribution is 2.31. The summed E-state index contributed by atoms with van der Waals surface area (Å²) < 4.78 is 7.17. The van der Waals surface area contributed by atoms with Crippen molar-refractivity contribution in [2.24, 2.45) is 0 Å². The maximum Gasteiger partial charge on any atom is 0.260 e. The summed E-state index contributed by atoms with van der Waals surface area (Å²) in [5, 5.41) is 4.19. The maximum atomic E-state index is 13.8. The lowest BCUT2D eigenvalue weighted by atomic mass is 10.0. The number of fused-ring (bicyclic) bond motifs is 1. The van der Waals surface area contributed by atoms with E-state index in [1.165, 1.54) is 0 Å². The molecule has 1 aromatic carbocycles. The molecule has 1 saturated heterocycles. The number of morpholine rings is 1. The van der Waals surface area contributed by atoms with E-state index < -0.39 is 0 Å². The Morgan fingerprint density at radius 1 is 1.06 bits per heavy atom. The van der Waals surface area contributed by atoms with Crippen LogP contribution in [0.1, 0.15) is 5.69 Å². The molecule has 35 heavy (non-hydrogen) atoms. The standard InChI is InChI=1S/C25H26ClN7O2/c1-16-13-28-15-22(30-16)17-3-4-19(21(26)12-17)20-11-18-14-29-25(27-2)31-23(18)33(24(20)34)6-5-32-7-9-35-10-8-32/h3-4,11-15H,5-10H2,1-2H3,(H,27,29,31). The van der Waals surface area contributed by atoms with Crippen molar-refractivity contribution in [1.29, 1.82) is 0 Å². The molecule has 4 heterocycles. The lowest BCUT2D eigenvalue weighted by molar-refractivity contribution is 0.0364. The minimum absolute atomic E-state index is 0.142. The van der Waals surface area contributed by atoms with Crippen LogP contribution in [-0.4, -0.2) is 69.3 Å². The average Bonchev–Trinajstić information content (AvgIpc) is 2.88. The third kappa shape index (κ3) is 4.88. The summed E-state index contributed by atoms with van der Waals surface area (Å²) in [7, 11) is 1.76. The molecular formula is C25H26ClN7O2. The number of hydrogen-bond donors (Lipinski definition) is 1. The maximum absolute atomic E-state index is 13.8. The summed E-state index contributed by atoms with van der Waals surface area (Å²) >= 11 is 6.72. The fourth-order valence-corrected chi connectivity index (χ4v) is 4.52. The van der Waals surface area contributed by atoms with Crippen LogP contribution >= 0.6 is 11.6 Å². The van der Waals surface area contributed by atoms with E-state index in [1.807, 2.05) is 31.2 Å². The summed E-state index contributed by atoms with van der Waals surface area (Å²) in [4.78, 5) is 33.7. The number of ether oxygens (including phenoxy) is 1. The van der Waals surface area contributed by atoms with Crippen LogP contribution in [0, 0.1) is 6.92 Å². The predicted molar refractivity (Wildman–Crippen MR) is 137 cm³/mol. The number of rotatable bonds is 6. The molecule has 1 N–H and O–H groups in total. The van der Waals surface area contributed by atoms with Crippen LogP contribution in [-0.2, 0) is 11.3 Å². The Kier molecular flexibility index (Phi) is 6.72. The van der Waals surface area contributed by atoms with Gasteiger partial charge in [-0.1, -0.05) is 23.7 Å². The highest BCUT2D eigenvalue weighted by Gasteiger charge is 2.18. The van der Waals surface area contributed by atoms with Crippen LogP contribution in [0.15, 0.2) is 47.7 Å². The van der Waals surface area contributed by atoms with Gasteiger partial charge in [0.05, 0.1) is 30.8 Å². The molecule has 180 valence electrons. The van der Waals surface area contributed by atoms with Gasteiger partial charge in [-0.2, -0.15) is 4.98 Å². The van der Waals surface area contributed by atoms with Crippen LogP contribution in [0.5, 0.6) is 0 Å². The molecule has 3 aromatic heterocycles. The van der Waals surface area contributed by atoms with Crippen molar-refractivity contribution in [3.8, 4) is 22.4 Å². The number of aromatic nitrogens is 5. The largest absolute Gasteiger partial charge is 0.379 e. The molecule has 9 nitrogen and oxygen atoms in total. The summed E-state index contributed by atoms with van der Waals surface area (Å²) in [5.41, 5.74) is 4.00. The SMILES string of the molecule is CNc1ncc2cc(-c3ccc(-c4cncc(C)n4)cc3Cl)c(=O)n(CCN3CCOCC3)c2n1. The Labute approximate surface area is 207 Å². The molecule has 0 amide bonds. The quantitative estimate of drug-likeness (QED) is 0.439. The van der Waals surface area contributed by atoms with Gasteiger partial charge in [0.1, 0.15) is 5.65 Å². The topological polar surface area (TPSA) is 98.1 Å². The van der Waals surface area contributed by atoms with Gasteiger partial charge < -0.3 is 10.1 Å². The third-order valence-corrected chi connectivity index (χ3v) is 6.42. The molecule has 5 rings (SSSR count). The summed E-state index contributed by atoms with van der Waals surface area (Å²) in [5.74, 6) is 0.464. The molecule has 0 radical (unpaired) electrons. The highest BCUT2D eigenvalue weighted by molar-refractivity contribution is 6.33. The van der Waals surface area contributed by atoms with Gasteiger partial charge in [-0.15, -0.1) is 0 Å². The van der Waals surface area contributed by atoms with Gasteiger partial charge in [0.25, 0.3) is 5.56 Å². The first-order valence-corrected chi connectivity index (χ1v) is 11.9. The Bertz CT molecular complexity index is 1430. The number of nitrogens with zero attached hydrogens (tertiary/aromatic N) is 6. The third-order valence-electron chi connectivity index (χ3n) is 6.10. The number of anilines is 1. The molecule has 1 aliphatic rings. The summed E-state index contributed by atoms with van der Waals surface area (Å²) in [6, 6.07) is 7.41. The number of aryl methyl sites for hydroxylation is 1. The number of pyridine rings is 1. The van der Waals surface area contributed by atoms with Gasteiger partial charge in [-0.3, -0.25) is 19.2 Å². The average molecular weight is 492 g/mol. The minimum atomic E-state index is -0.142. The van der Waals surface area contributed by atoms with Crippen LogP contribution in [0.2, 0.25) is 5.02 Å². The van der Waals surface area contributed by atoms with Crippen LogP contribution in [0.25, 0.3) is 33.4 Å². The summed E-state index contributed by atoms with van der Waals surface area (Å²) in [6.45, 7) is 6.21. The van der Waals surface area contributed by atoms with E-state index in [0.717, 1.165) is 42.0 Å². The molecular weight excluding hydrogens is 466 g/mol. The molecule has 0 unspecified atom stereocenters. The molecule has 10 heteroatoms. The van der Waals surface area contributed by atoms with Crippen LogP contribution < -0.4 is 10.9 Å². The summed E-state index contributed by atoms with van der Waals surface area (Å²) in [6.07, 6.45) is 5.13. The highest BCUT2D eigenvalue weighted by atomic mass is 35.5. The molecule has 0 aliphatic carbocycles. The van der Waals surface area contributed by atoms with Crippen LogP contribution in [0.3, 0.4) is 0 Å². The molecule has 0 saturated carbocycles. The van der Waals surface area contributed by atoms with Crippen molar-refractivity contribution < 1.29 is 4.74 Å². The van der Waals surface area contributed by atoms with E-state index in [0.29, 0.717) is 47.5 Å². The number of halogens is 1. The number of nitrogens with one attached hydrogen (secondary N) is 1. The van der Waals surface area contributed by atoms with Gasteiger partial charge in [0, 0.05) is 72.7 Å². The fraction of sp³-hybridized carbons (Fsp3) is 0.320. The lowest BCUT2D eigenvalue weighted by Gasteiger charge is -2.27. The monoisotopic (exact) mass is 491 g/mol. The molecule has 0 atom stereocenters. The first-order chi connectivity index (χ1) is 17.0. The van der Waals surface area contributed by atoms with Gasteiger partial charge >= 0.3 is 0 Å². The first-order valence-electron chi connectivity index (χ1n) is 11.5. The van der Waals surface area contributed by atoms with Crippen molar-refractivity contribution >= 4 is 28.6 Å². The number of hydrogen-bond acceptors (Lipinski definition) is 8. The minimum Gasteiger partial charge on any atom is -0.379 e. The molecule has 0 bridgehead atoms. The lowest BCUT2D eigenvalue weighted by Crippen LogP contribution is -2.39. The van der Waals surface area contributed by atoms with Gasteiger partial charge in [-0.05, 0) is 19.1 Å². The van der Waals surface area contributed by atoms with E-state index in [-0.39, 0.29) is 5.56 Å². The van der Waals surface area contributed by atoms with Crippen molar-refractivity contribution in [2.45, 2.75) is 13.5 Å². The fourth-order valence-electron chi connectivity index (χ4n) is 4.24. The smallest absolute Gasteiger partial charge is 0.260 e. The van der Waals surface area contributed by atoms with Crippen molar-refractivity contribution in [2.75, 3.05) is 45.2 Å². The second kappa shape index (κ2) is 10.1. The molecule has 1 aliphatic heterocycles. The predicted octanol–water partition coefficient (Wildman–Crippen LogP) is 3.25. The van der Waals surface area contributed by atoms with E-state index >= 15 is 0 Å². The van der Waals surface area contributed by atoms with E-state index in [1.54, 1.807) is 30.2 Å². The van der Waals surface area contributed by atoms with Crippen LogP contribution in [0.4, 0.5) is 5.95 Å². The first kappa shape index (κ1) is 23.3. The Morgan fingerprint density at radius 2 is 1.89 bits per heavy atom. The van der Waals surface area contributed by atoms with Gasteiger partial charge in [0.15, 0.2) is 0 Å². The second-order valence-corrected chi connectivity index (χ2v) is 8.84. The second-order valence-electron chi connectivity index (χ2n) is 8.43. The van der Waals surface area contributed by atoms with Gasteiger partial charge in [-0.25, -0.2) is 9.97 Å². The Hall–Kier alpha value is -3.40. The Morgan fingerprint density at radius 3 is 2.63 bits per heavy atom. The van der Waals surface area contributed by atoms with Gasteiger partial charge in [0.2, 0.25) is 5.95 Å². The molecule has 4 aromatic rings. The Balaban J connectivity index is 1.58. The van der Waals surface area contributed by atoms with E-state index in [2.05, 4.69) is 30.2 Å². The molecule has 0 spiro atoms.